The van der Waals surface area contributed by atoms with E-state index in [0.717, 1.165) is 61.3 Å². The van der Waals surface area contributed by atoms with Crippen LogP contribution in [0.1, 0.15) is 37.1 Å². The summed E-state index contributed by atoms with van der Waals surface area (Å²) >= 11 is 0. The highest BCUT2D eigenvalue weighted by atomic mass is 16.5. The van der Waals surface area contributed by atoms with E-state index in [-0.39, 0.29) is 12.0 Å². The molecule has 6 nitrogen and oxygen atoms in total. The van der Waals surface area contributed by atoms with Gasteiger partial charge < -0.3 is 19.4 Å². The van der Waals surface area contributed by atoms with Crippen molar-refractivity contribution in [3.05, 3.63) is 59.9 Å². The van der Waals surface area contributed by atoms with Gasteiger partial charge >= 0.3 is 0 Å². The van der Waals surface area contributed by atoms with Crippen LogP contribution >= 0.6 is 0 Å². The molecular formula is C25H31N3O3. The molecule has 0 aliphatic carbocycles. The van der Waals surface area contributed by atoms with Gasteiger partial charge in [0.2, 0.25) is 5.91 Å². The number of nitrogens with one attached hydrogen (secondary N) is 1. The summed E-state index contributed by atoms with van der Waals surface area (Å²) in [5.74, 6) is 1.98. The zero-order valence-electron chi connectivity index (χ0n) is 18.2. The van der Waals surface area contributed by atoms with E-state index in [0.29, 0.717) is 19.8 Å². The van der Waals surface area contributed by atoms with Gasteiger partial charge in [0.25, 0.3) is 0 Å². The minimum Gasteiger partial charge on any atom is -0.494 e. The number of rotatable bonds is 10. The molecule has 31 heavy (non-hydrogen) atoms. The number of nitrogens with zero attached hydrogens (tertiary/aromatic N) is 2. The third-order valence-corrected chi connectivity index (χ3v) is 5.65. The lowest BCUT2D eigenvalue weighted by atomic mass is 10.2. The SMILES string of the molecule is Cc1ccc(OCCCn2c(CCCNC(=O)C3CCCO3)nc3ccccc32)cc1. The predicted molar refractivity (Wildman–Crippen MR) is 121 cm³/mol. The van der Waals surface area contributed by atoms with Gasteiger partial charge in [0.15, 0.2) is 0 Å². The van der Waals surface area contributed by atoms with Gasteiger partial charge in [-0.25, -0.2) is 4.98 Å². The number of fused-ring (bicyclic) bond motifs is 1. The number of carbonyl (C=O) groups is 1. The van der Waals surface area contributed by atoms with Crippen molar-refractivity contribution in [2.75, 3.05) is 19.8 Å². The first-order valence-electron chi connectivity index (χ1n) is 11.2. The van der Waals surface area contributed by atoms with Gasteiger partial charge in [-0.3, -0.25) is 4.79 Å². The maximum absolute atomic E-state index is 12.1. The molecule has 1 saturated heterocycles. The summed E-state index contributed by atoms with van der Waals surface area (Å²) in [6.45, 7) is 4.91. The Morgan fingerprint density at radius 2 is 2.03 bits per heavy atom. The van der Waals surface area contributed by atoms with Gasteiger partial charge in [0.05, 0.1) is 17.6 Å². The van der Waals surface area contributed by atoms with E-state index in [2.05, 4.69) is 47.1 Å². The van der Waals surface area contributed by atoms with E-state index in [1.54, 1.807) is 0 Å². The van der Waals surface area contributed by atoms with Gasteiger partial charge in [-0.1, -0.05) is 29.8 Å². The third-order valence-electron chi connectivity index (χ3n) is 5.65. The number of hydrogen-bond donors (Lipinski definition) is 1. The van der Waals surface area contributed by atoms with E-state index in [4.69, 9.17) is 14.5 Å². The summed E-state index contributed by atoms with van der Waals surface area (Å²) in [5, 5.41) is 3.00. The standard InChI is InChI=1S/C25H31N3O3/c1-19-11-13-20(14-12-19)30-18-6-16-28-22-8-3-2-7-21(22)27-24(28)10-4-15-26-25(29)23-9-5-17-31-23/h2-3,7-8,11-14,23H,4-6,9-10,15-18H2,1H3,(H,26,29). The molecule has 1 aromatic heterocycles. The van der Waals surface area contributed by atoms with Crippen molar-refractivity contribution < 1.29 is 14.3 Å². The van der Waals surface area contributed by atoms with Gasteiger partial charge in [0.1, 0.15) is 17.7 Å². The summed E-state index contributed by atoms with van der Waals surface area (Å²) < 4.78 is 13.6. The first kappa shape index (κ1) is 21.4. The Bertz CT molecular complexity index is 991. The van der Waals surface area contributed by atoms with Crippen molar-refractivity contribution in [1.82, 2.24) is 14.9 Å². The Morgan fingerprint density at radius 1 is 1.19 bits per heavy atom. The largest absolute Gasteiger partial charge is 0.494 e. The fourth-order valence-corrected chi connectivity index (χ4v) is 3.97. The Labute approximate surface area is 183 Å². The molecule has 0 spiro atoms. The monoisotopic (exact) mass is 421 g/mol. The van der Waals surface area contributed by atoms with Crippen molar-refractivity contribution in [3.63, 3.8) is 0 Å². The fourth-order valence-electron chi connectivity index (χ4n) is 3.97. The van der Waals surface area contributed by atoms with Crippen LogP contribution < -0.4 is 10.1 Å². The van der Waals surface area contributed by atoms with E-state index in [1.807, 2.05) is 18.2 Å². The molecule has 1 fully saturated rings. The number of benzene rings is 2. The molecular weight excluding hydrogens is 390 g/mol. The molecule has 0 bridgehead atoms. The van der Waals surface area contributed by atoms with E-state index < -0.39 is 0 Å². The molecule has 0 saturated carbocycles. The number of para-hydroxylation sites is 2. The van der Waals surface area contributed by atoms with E-state index in [1.165, 1.54) is 5.56 Å². The molecule has 1 amide bonds. The van der Waals surface area contributed by atoms with Crippen molar-refractivity contribution in [3.8, 4) is 5.75 Å². The van der Waals surface area contributed by atoms with Crippen LogP contribution in [0, 0.1) is 6.92 Å². The van der Waals surface area contributed by atoms with E-state index in [9.17, 15) is 4.79 Å². The first-order valence-corrected chi connectivity index (χ1v) is 11.2. The van der Waals surface area contributed by atoms with Crippen LogP contribution in [0.15, 0.2) is 48.5 Å². The number of ether oxygens (including phenoxy) is 2. The lowest BCUT2D eigenvalue weighted by Gasteiger charge is -2.12. The maximum Gasteiger partial charge on any atom is 0.249 e. The Morgan fingerprint density at radius 3 is 2.84 bits per heavy atom. The van der Waals surface area contributed by atoms with Crippen LogP contribution in [0.4, 0.5) is 0 Å². The summed E-state index contributed by atoms with van der Waals surface area (Å²) in [4.78, 5) is 16.9. The van der Waals surface area contributed by atoms with Crippen molar-refractivity contribution in [2.24, 2.45) is 0 Å². The van der Waals surface area contributed by atoms with Crippen molar-refractivity contribution in [2.45, 2.75) is 51.7 Å². The topological polar surface area (TPSA) is 65.4 Å². The fraction of sp³-hybridized carbons (Fsp3) is 0.440. The Hall–Kier alpha value is -2.86. The van der Waals surface area contributed by atoms with Crippen LogP contribution in [0.2, 0.25) is 0 Å². The number of hydrogen-bond acceptors (Lipinski definition) is 4. The van der Waals surface area contributed by atoms with Gasteiger partial charge in [-0.15, -0.1) is 0 Å². The average Bonchev–Trinajstić information content (AvgIpc) is 3.44. The zero-order chi connectivity index (χ0) is 21.5. The van der Waals surface area contributed by atoms with Crippen LogP contribution in [0.25, 0.3) is 11.0 Å². The molecule has 1 N–H and O–H groups in total. The number of aromatic nitrogens is 2. The quantitative estimate of drug-likeness (QED) is 0.502. The highest BCUT2D eigenvalue weighted by molar-refractivity contribution is 5.80. The molecule has 0 radical (unpaired) electrons. The second-order valence-corrected chi connectivity index (χ2v) is 8.08. The molecule has 3 aromatic rings. The molecule has 4 rings (SSSR count). The number of imidazole rings is 1. The molecule has 1 aliphatic heterocycles. The number of amides is 1. The van der Waals surface area contributed by atoms with Gasteiger partial charge in [-0.2, -0.15) is 0 Å². The van der Waals surface area contributed by atoms with Crippen molar-refractivity contribution in [1.29, 1.82) is 0 Å². The number of aryl methyl sites for hydroxylation is 3. The van der Waals surface area contributed by atoms with Crippen molar-refractivity contribution >= 4 is 16.9 Å². The molecule has 1 atom stereocenters. The average molecular weight is 422 g/mol. The highest BCUT2D eigenvalue weighted by Gasteiger charge is 2.22. The molecule has 2 heterocycles. The summed E-state index contributed by atoms with van der Waals surface area (Å²) in [5.41, 5.74) is 3.39. The zero-order valence-corrected chi connectivity index (χ0v) is 18.2. The van der Waals surface area contributed by atoms with Crippen LogP contribution in [-0.4, -0.2) is 41.3 Å². The van der Waals surface area contributed by atoms with Crippen LogP contribution in [0.3, 0.4) is 0 Å². The summed E-state index contributed by atoms with van der Waals surface area (Å²) in [6, 6.07) is 16.4. The maximum atomic E-state index is 12.1. The Balaban J connectivity index is 1.30. The molecule has 6 heteroatoms. The second kappa shape index (κ2) is 10.4. The predicted octanol–water partition coefficient (Wildman–Crippen LogP) is 4.04. The van der Waals surface area contributed by atoms with E-state index >= 15 is 0 Å². The molecule has 1 unspecified atom stereocenters. The molecule has 2 aromatic carbocycles. The normalized spacial score (nSPS) is 16.0. The first-order chi connectivity index (χ1) is 15.2. The second-order valence-electron chi connectivity index (χ2n) is 8.08. The molecule has 1 aliphatic rings. The van der Waals surface area contributed by atoms with Crippen LogP contribution in [0.5, 0.6) is 5.75 Å². The van der Waals surface area contributed by atoms with Crippen LogP contribution in [-0.2, 0) is 22.5 Å². The number of carbonyl (C=O) groups excluding carboxylic acids is 1. The lowest BCUT2D eigenvalue weighted by molar-refractivity contribution is -0.130. The third kappa shape index (κ3) is 5.64. The molecule has 164 valence electrons. The smallest absolute Gasteiger partial charge is 0.249 e. The minimum absolute atomic E-state index is 0.0132. The Kier molecular flexibility index (Phi) is 7.20. The minimum atomic E-state index is -0.266. The highest BCUT2D eigenvalue weighted by Crippen LogP contribution is 2.18. The van der Waals surface area contributed by atoms with Gasteiger partial charge in [-0.05, 0) is 56.9 Å². The van der Waals surface area contributed by atoms with Gasteiger partial charge in [0, 0.05) is 26.1 Å². The lowest BCUT2D eigenvalue weighted by Crippen LogP contribution is -2.34. The summed E-state index contributed by atoms with van der Waals surface area (Å²) in [6.07, 6.45) is 4.10. The summed E-state index contributed by atoms with van der Waals surface area (Å²) in [7, 11) is 0.